The molecule has 0 amide bonds. The van der Waals surface area contributed by atoms with E-state index >= 15 is 0 Å². The number of aliphatic hydroxyl groups excluding tert-OH is 1. The third-order valence-electron chi connectivity index (χ3n) is 3.82. The maximum absolute atomic E-state index is 12.7. The Balaban J connectivity index is 2.38. The van der Waals surface area contributed by atoms with Crippen LogP contribution in [0.4, 0.5) is 0 Å². The van der Waals surface area contributed by atoms with Gasteiger partial charge < -0.3 is 9.84 Å². The molecule has 0 aromatic heterocycles. The Morgan fingerprint density at radius 3 is 2.70 bits per heavy atom. The van der Waals surface area contributed by atoms with Crippen molar-refractivity contribution in [2.45, 2.75) is 31.3 Å². The highest BCUT2D eigenvalue weighted by Gasteiger charge is 2.34. The molecule has 1 N–H and O–H groups in total. The van der Waals surface area contributed by atoms with Crippen molar-refractivity contribution in [1.82, 2.24) is 4.31 Å². The Hall–Kier alpha value is -1.11. The van der Waals surface area contributed by atoms with Gasteiger partial charge >= 0.3 is 0 Å². The van der Waals surface area contributed by atoms with Crippen LogP contribution >= 0.6 is 0 Å². The minimum absolute atomic E-state index is 0.126. The third kappa shape index (κ3) is 2.82. The van der Waals surface area contributed by atoms with E-state index in [0.29, 0.717) is 18.7 Å². The summed E-state index contributed by atoms with van der Waals surface area (Å²) < 4.78 is 31.9. The lowest BCUT2D eigenvalue weighted by molar-refractivity contribution is 0.0604. The van der Waals surface area contributed by atoms with Crippen LogP contribution < -0.4 is 4.74 Å². The molecule has 2 rings (SSSR count). The molecular weight excluding hydrogens is 278 g/mol. The summed E-state index contributed by atoms with van der Waals surface area (Å²) in [5.41, 5.74) is 0.857. The monoisotopic (exact) mass is 299 g/mol. The molecule has 1 heterocycles. The van der Waals surface area contributed by atoms with Crippen molar-refractivity contribution in [3.63, 3.8) is 0 Å². The number of nitrogens with zero attached hydrogens (tertiary/aromatic N) is 1. The zero-order chi connectivity index (χ0) is 14.9. The fourth-order valence-electron chi connectivity index (χ4n) is 2.36. The molecule has 20 heavy (non-hydrogen) atoms. The molecule has 1 aromatic carbocycles. The summed E-state index contributed by atoms with van der Waals surface area (Å²) in [6.07, 6.45) is 0.0449. The van der Waals surface area contributed by atoms with Gasteiger partial charge in [-0.15, -0.1) is 0 Å². The van der Waals surface area contributed by atoms with E-state index in [1.54, 1.807) is 12.1 Å². The molecule has 1 aliphatic heterocycles. The Morgan fingerprint density at radius 2 is 2.10 bits per heavy atom. The number of sulfonamides is 1. The molecule has 1 aromatic rings. The summed E-state index contributed by atoms with van der Waals surface area (Å²) >= 11 is 0. The predicted molar refractivity (Wildman–Crippen MR) is 76.3 cm³/mol. The van der Waals surface area contributed by atoms with Crippen LogP contribution in [0.1, 0.15) is 18.9 Å². The number of hydrogen-bond acceptors (Lipinski definition) is 4. The van der Waals surface area contributed by atoms with Crippen molar-refractivity contribution in [1.29, 1.82) is 0 Å². The summed E-state index contributed by atoms with van der Waals surface area (Å²) in [7, 11) is -2.18. The Morgan fingerprint density at radius 1 is 1.40 bits per heavy atom. The molecule has 0 aliphatic carbocycles. The lowest BCUT2D eigenvalue weighted by Gasteiger charge is -2.33. The van der Waals surface area contributed by atoms with Gasteiger partial charge in [-0.05, 0) is 37.0 Å². The third-order valence-corrected chi connectivity index (χ3v) is 5.70. The first kappa shape index (κ1) is 15.3. The number of rotatable bonds is 3. The Labute approximate surface area is 120 Å². The van der Waals surface area contributed by atoms with Crippen LogP contribution in [0.5, 0.6) is 5.75 Å². The number of β-amino-alcohol motifs (C(OH)–C–C–N with tert-alkyl or cyclic N) is 1. The standard InChI is InChI=1S/C14H21NO4S/c1-10-4-5-13(19-3)14(8-10)20(17,18)15-7-6-11(2)12(16)9-15/h4-5,8,11-12,16H,6-7,9H2,1-3H3. The van der Waals surface area contributed by atoms with Gasteiger partial charge in [0, 0.05) is 13.1 Å². The second kappa shape index (κ2) is 5.71. The fraction of sp³-hybridized carbons (Fsp3) is 0.571. The number of hydrogen-bond donors (Lipinski definition) is 1. The van der Waals surface area contributed by atoms with Gasteiger partial charge in [-0.25, -0.2) is 8.42 Å². The smallest absolute Gasteiger partial charge is 0.246 e. The van der Waals surface area contributed by atoms with E-state index in [0.717, 1.165) is 5.56 Å². The minimum atomic E-state index is -3.64. The van der Waals surface area contributed by atoms with E-state index in [1.807, 2.05) is 19.9 Å². The highest BCUT2D eigenvalue weighted by molar-refractivity contribution is 7.89. The van der Waals surface area contributed by atoms with Gasteiger partial charge in [0.05, 0.1) is 13.2 Å². The summed E-state index contributed by atoms with van der Waals surface area (Å²) in [6, 6.07) is 5.08. The largest absolute Gasteiger partial charge is 0.495 e. The van der Waals surface area contributed by atoms with Crippen LogP contribution in [0.2, 0.25) is 0 Å². The van der Waals surface area contributed by atoms with Crippen molar-refractivity contribution in [3.05, 3.63) is 23.8 Å². The maximum Gasteiger partial charge on any atom is 0.246 e. The van der Waals surface area contributed by atoms with Crippen molar-refractivity contribution in [3.8, 4) is 5.75 Å². The van der Waals surface area contributed by atoms with Gasteiger partial charge in [0.2, 0.25) is 10.0 Å². The molecule has 0 saturated carbocycles. The van der Waals surface area contributed by atoms with Crippen molar-refractivity contribution >= 4 is 10.0 Å². The van der Waals surface area contributed by atoms with E-state index in [9.17, 15) is 13.5 Å². The van der Waals surface area contributed by atoms with Crippen LogP contribution in [0, 0.1) is 12.8 Å². The van der Waals surface area contributed by atoms with Crippen LogP contribution in [0.3, 0.4) is 0 Å². The topological polar surface area (TPSA) is 66.8 Å². The molecule has 2 unspecified atom stereocenters. The number of piperidine rings is 1. The van der Waals surface area contributed by atoms with Crippen LogP contribution in [-0.4, -0.2) is 44.1 Å². The molecule has 1 aliphatic rings. The van der Waals surface area contributed by atoms with Gasteiger partial charge in [-0.1, -0.05) is 13.0 Å². The van der Waals surface area contributed by atoms with E-state index in [-0.39, 0.29) is 17.4 Å². The van der Waals surface area contributed by atoms with Crippen molar-refractivity contribution in [2.24, 2.45) is 5.92 Å². The predicted octanol–water partition coefficient (Wildman–Crippen LogP) is 1.40. The molecule has 5 nitrogen and oxygen atoms in total. The summed E-state index contributed by atoms with van der Waals surface area (Å²) in [4.78, 5) is 0.168. The molecule has 2 atom stereocenters. The maximum atomic E-state index is 12.7. The number of aryl methyl sites for hydroxylation is 1. The first-order chi connectivity index (χ1) is 9.36. The summed E-state index contributed by atoms with van der Waals surface area (Å²) in [5, 5.41) is 9.90. The SMILES string of the molecule is COc1ccc(C)cc1S(=O)(=O)N1CCC(C)C(O)C1. The molecule has 6 heteroatoms. The lowest BCUT2D eigenvalue weighted by atomic mass is 9.98. The zero-order valence-corrected chi connectivity index (χ0v) is 12.9. The second-order valence-electron chi connectivity index (χ2n) is 5.35. The van der Waals surface area contributed by atoms with Crippen LogP contribution in [0.25, 0.3) is 0 Å². The number of aliphatic hydroxyl groups is 1. The number of methoxy groups -OCH3 is 1. The van der Waals surface area contributed by atoms with Crippen molar-refractivity contribution < 1.29 is 18.3 Å². The highest BCUT2D eigenvalue weighted by Crippen LogP contribution is 2.30. The van der Waals surface area contributed by atoms with E-state index < -0.39 is 16.1 Å². The average Bonchev–Trinajstić information content (AvgIpc) is 2.41. The zero-order valence-electron chi connectivity index (χ0n) is 12.0. The second-order valence-corrected chi connectivity index (χ2v) is 7.26. The van der Waals surface area contributed by atoms with E-state index in [1.165, 1.54) is 11.4 Å². The Bertz CT molecular complexity index is 585. The first-order valence-corrected chi connectivity index (χ1v) is 8.13. The molecule has 0 spiro atoms. The van der Waals surface area contributed by atoms with Gasteiger partial charge in [0.25, 0.3) is 0 Å². The first-order valence-electron chi connectivity index (χ1n) is 6.69. The highest BCUT2D eigenvalue weighted by atomic mass is 32.2. The fourth-order valence-corrected chi connectivity index (χ4v) is 4.08. The van der Waals surface area contributed by atoms with Gasteiger partial charge in [-0.3, -0.25) is 0 Å². The quantitative estimate of drug-likeness (QED) is 0.916. The molecule has 1 fully saturated rings. The van der Waals surface area contributed by atoms with Gasteiger partial charge in [0.15, 0.2) is 0 Å². The summed E-state index contributed by atoms with van der Waals surface area (Å²) in [5.74, 6) is 0.463. The molecule has 112 valence electrons. The number of benzene rings is 1. The number of ether oxygens (including phenoxy) is 1. The van der Waals surface area contributed by atoms with Gasteiger partial charge in [-0.2, -0.15) is 4.31 Å². The van der Waals surface area contributed by atoms with Crippen molar-refractivity contribution in [2.75, 3.05) is 20.2 Å². The Kier molecular flexibility index (Phi) is 4.36. The van der Waals surface area contributed by atoms with Crippen LogP contribution in [-0.2, 0) is 10.0 Å². The van der Waals surface area contributed by atoms with E-state index in [2.05, 4.69) is 0 Å². The van der Waals surface area contributed by atoms with Gasteiger partial charge in [0.1, 0.15) is 10.6 Å². The molecule has 0 bridgehead atoms. The average molecular weight is 299 g/mol. The van der Waals surface area contributed by atoms with E-state index in [4.69, 9.17) is 4.74 Å². The molecule has 0 radical (unpaired) electrons. The van der Waals surface area contributed by atoms with Crippen LogP contribution in [0.15, 0.2) is 23.1 Å². The molecular formula is C14H21NO4S. The summed E-state index contributed by atoms with van der Waals surface area (Å²) in [6.45, 7) is 4.34. The minimum Gasteiger partial charge on any atom is -0.495 e. The lowest BCUT2D eigenvalue weighted by Crippen LogP contribution is -2.45. The molecule has 1 saturated heterocycles. The normalized spacial score (nSPS) is 24.6.